The number of rotatable bonds is 6. The van der Waals surface area contributed by atoms with Crippen molar-refractivity contribution in [3.8, 4) is 0 Å². The fourth-order valence-electron chi connectivity index (χ4n) is 3.76. The van der Waals surface area contributed by atoms with Gasteiger partial charge in [0.05, 0.1) is 0 Å². The van der Waals surface area contributed by atoms with E-state index in [1.165, 1.54) is 0 Å². The van der Waals surface area contributed by atoms with Gasteiger partial charge in [-0.05, 0) is 65.5 Å². The second-order valence-corrected chi connectivity index (χ2v) is 8.83. The number of nitrogens with zero attached hydrogens (tertiary/aromatic N) is 2. The van der Waals surface area contributed by atoms with Gasteiger partial charge in [-0.3, -0.25) is 9.59 Å². The summed E-state index contributed by atoms with van der Waals surface area (Å²) in [6.45, 7) is 12.1. The number of piperidine rings is 1. The quantitative estimate of drug-likeness (QED) is 0.748. The van der Waals surface area contributed by atoms with Crippen LogP contribution in [0, 0.1) is 5.92 Å². The van der Waals surface area contributed by atoms with Crippen molar-refractivity contribution >= 4 is 17.8 Å². The molecule has 0 spiro atoms. The lowest BCUT2D eigenvalue weighted by atomic mass is 9.88. The standard InChI is InChI=1S/C23H36N4O3/c1-6-26(7-2)21(29)19(24-20(28)18-11-9-8-10-12-18)17-13-15-27(16-14-17)22(30)25-23(3,4)5/h8-12,17,19H,6-7,13-16H2,1-5H3,(H,24,28)(H,25,30). The van der Waals surface area contributed by atoms with Gasteiger partial charge in [0.15, 0.2) is 0 Å². The largest absolute Gasteiger partial charge is 0.341 e. The molecule has 2 rings (SSSR count). The second kappa shape index (κ2) is 10.5. The summed E-state index contributed by atoms with van der Waals surface area (Å²) in [7, 11) is 0. The van der Waals surface area contributed by atoms with Crippen molar-refractivity contribution in [2.45, 2.75) is 59.0 Å². The predicted molar refractivity (Wildman–Crippen MR) is 118 cm³/mol. The summed E-state index contributed by atoms with van der Waals surface area (Å²) in [4.78, 5) is 42.0. The molecular formula is C23H36N4O3. The fraction of sp³-hybridized carbons (Fsp3) is 0.609. The molecule has 0 aromatic heterocycles. The van der Waals surface area contributed by atoms with Crippen molar-refractivity contribution in [2.75, 3.05) is 26.2 Å². The van der Waals surface area contributed by atoms with Crippen molar-refractivity contribution in [2.24, 2.45) is 5.92 Å². The van der Waals surface area contributed by atoms with E-state index in [0.717, 1.165) is 0 Å². The van der Waals surface area contributed by atoms with E-state index in [4.69, 9.17) is 0 Å². The van der Waals surface area contributed by atoms with Gasteiger partial charge in [-0.15, -0.1) is 0 Å². The molecule has 1 unspecified atom stereocenters. The van der Waals surface area contributed by atoms with Gasteiger partial charge in [0.2, 0.25) is 5.91 Å². The SMILES string of the molecule is CCN(CC)C(=O)C(NC(=O)c1ccccc1)C1CCN(C(=O)NC(C)(C)C)CC1. The van der Waals surface area contributed by atoms with Crippen LogP contribution in [0.25, 0.3) is 0 Å². The third-order valence-electron chi connectivity index (χ3n) is 5.44. The smallest absolute Gasteiger partial charge is 0.317 e. The van der Waals surface area contributed by atoms with Crippen molar-refractivity contribution < 1.29 is 14.4 Å². The Hall–Kier alpha value is -2.57. The maximum Gasteiger partial charge on any atom is 0.317 e. The zero-order valence-corrected chi connectivity index (χ0v) is 18.9. The summed E-state index contributed by atoms with van der Waals surface area (Å²) in [6.07, 6.45) is 1.34. The molecule has 1 aliphatic heterocycles. The van der Waals surface area contributed by atoms with Crippen LogP contribution in [0.15, 0.2) is 30.3 Å². The molecule has 7 nitrogen and oxygen atoms in total. The van der Waals surface area contributed by atoms with Crippen molar-refractivity contribution in [3.05, 3.63) is 35.9 Å². The first-order chi connectivity index (χ1) is 14.2. The lowest BCUT2D eigenvalue weighted by Gasteiger charge is -2.38. The maximum absolute atomic E-state index is 13.2. The van der Waals surface area contributed by atoms with Crippen LogP contribution < -0.4 is 10.6 Å². The number of benzene rings is 1. The minimum absolute atomic E-state index is 0.00977. The van der Waals surface area contributed by atoms with Gasteiger partial charge in [-0.25, -0.2) is 4.79 Å². The lowest BCUT2D eigenvalue weighted by Crippen LogP contribution is -2.56. The molecule has 1 atom stereocenters. The molecule has 7 heteroatoms. The molecule has 0 saturated carbocycles. The highest BCUT2D eigenvalue weighted by Crippen LogP contribution is 2.23. The average Bonchev–Trinajstić information content (AvgIpc) is 2.72. The van der Waals surface area contributed by atoms with Crippen molar-refractivity contribution in [3.63, 3.8) is 0 Å². The van der Waals surface area contributed by atoms with Crippen LogP contribution in [0.5, 0.6) is 0 Å². The number of hydrogen-bond donors (Lipinski definition) is 2. The zero-order valence-electron chi connectivity index (χ0n) is 18.9. The van der Waals surface area contributed by atoms with Gasteiger partial charge in [0.25, 0.3) is 5.91 Å². The minimum Gasteiger partial charge on any atom is -0.341 e. The van der Waals surface area contributed by atoms with Crippen LogP contribution in [0.4, 0.5) is 4.79 Å². The number of amides is 4. The Labute approximate surface area is 180 Å². The molecule has 30 heavy (non-hydrogen) atoms. The summed E-state index contributed by atoms with van der Waals surface area (Å²) < 4.78 is 0. The van der Waals surface area contributed by atoms with Crippen LogP contribution in [0.1, 0.15) is 57.8 Å². The molecule has 2 N–H and O–H groups in total. The number of likely N-dealkylation sites (tertiary alicyclic amines) is 1. The second-order valence-electron chi connectivity index (χ2n) is 8.83. The highest BCUT2D eigenvalue weighted by molar-refractivity contribution is 5.97. The summed E-state index contributed by atoms with van der Waals surface area (Å²) >= 11 is 0. The summed E-state index contributed by atoms with van der Waals surface area (Å²) in [5.74, 6) is -0.305. The first kappa shape index (κ1) is 23.7. The summed E-state index contributed by atoms with van der Waals surface area (Å²) in [6, 6.07) is 8.28. The molecule has 0 bridgehead atoms. The topological polar surface area (TPSA) is 81.8 Å². The summed E-state index contributed by atoms with van der Waals surface area (Å²) in [5.41, 5.74) is 0.246. The maximum atomic E-state index is 13.2. The Kier molecular flexibility index (Phi) is 8.26. The van der Waals surface area contributed by atoms with Crippen LogP contribution in [0.3, 0.4) is 0 Å². The van der Waals surface area contributed by atoms with Gasteiger partial charge in [0.1, 0.15) is 6.04 Å². The first-order valence-corrected chi connectivity index (χ1v) is 10.9. The molecule has 0 aliphatic carbocycles. The molecule has 1 saturated heterocycles. The van der Waals surface area contributed by atoms with E-state index in [0.29, 0.717) is 44.6 Å². The summed E-state index contributed by atoms with van der Waals surface area (Å²) in [5, 5.41) is 5.97. The normalized spacial score (nSPS) is 16.0. The fourth-order valence-corrected chi connectivity index (χ4v) is 3.76. The van der Waals surface area contributed by atoms with Gasteiger partial charge in [-0.2, -0.15) is 0 Å². The van der Waals surface area contributed by atoms with Gasteiger partial charge in [-0.1, -0.05) is 18.2 Å². The van der Waals surface area contributed by atoms with Gasteiger partial charge < -0.3 is 20.4 Å². The Morgan fingerprint density at radius 2 is 1.63 bits per heavy atom. The van der Waals surface area contributed by atoms with Crippen LogP contribution in [-0.4, -0.2) is 65.4 Å². The number of hydrogen-bond acceptors (Lipinski definition) is 3. The number of likely N-dealkylation sites (N-methyl/N-ethyl adjacent to an activating group) is 1. The Bertz CT molecular complexity index is 718. The lowest BCUT2D eigenvalue weighted by molar-refractivity contribution is -0.134. The Morgan fingerprint density at radius 1 is 1.07 bits per heavy atom. The highest BCUT2D eigenvalue weighted by atomic mass is 16.2. The van der Waals surface area contributed by atoms with E-state index < -0.39 is 6.04 Å². The molecule has 1 fully saturated rings. The van der Waals surface area contributed by atoms with E-state index in [2.05, 4.69) is 10.6 Å². The molecule has 166 valence electrons. The van der Waals surface area contributed by atoms with E-state index in [-0.39, 0.29) is 29.3 Å². The van der Waals surface area contributed by atoms with Gasteiger partial charge in [0, 0.05) is 37.3 Å². The molecule has 4 amide bonds. The third-order valence-corrected chi connectivity index (χ3v) is 5.44. The average molecular weight is 417 g/mol. The number of urea groups is 1. The molecule has 1 aliphatic rings. The predicted octanol–water partition coefficient (Wildman–Crippen LogP) is 2.87. The van der Waals surface area contributed by atoms with E-state index in [1.54, 1.807) is 21.9 Å². The third kappa shape index (κ3) is 6.47. The van der Waals surface area contributed by atoms with Crippen molar-refractivity contribution in [1.29, 1.82) is 0 Å². The molecule has 1 aromatic carbocycles. The molecule has 0 radical (unpaired) electrons. The first-order valence-electron chi connectivity index (χ1n) is 10.9. The van der Waals surface area contributed by atoms with Crippen LogP contribution >= 0.6 is 0 Å². The van der Waals surface area contributed by atoms with Crippen LogP contribution in [0.2, 0.25) is 0 Å². The minimum atomic E-state index is -0.592. The number of nitrogens with one attached hydrogen (secondary N) is 2. The monoisotopic (exact) mass is 416 g/mol. The molecule has 1 aromatic rings. The van der Waals surface area contributed by atoms with E-state index in [9.17, 15) is 14.4 Å². The molecular weight excluding hydrogens is 380 g/mol. The highest BCUT2D eigenvalue weighted by Gasteiger charge is 2.36. The zero-order chi connectivity index (χ0) is 22.3. The molecule has 1 heterocycles. The van der Waals surface area contributed by atoms with Crippen molar-refractivity contribution in [1.82, 2.24) is 20.4 Å². The Morgan fingerprint density at radius 3 is 2.13 bits per heavy atom. The van der Waals surface area contributed by atoms with E-state index >= 15 is 0 Å². The Balaban J connectivity index is 2.10. The van der Waals surface area contributed by atoms with E-state index in [1.807, 2.05) is 52.8 Å². The number of carbonyl (C=O) groups excluding carboxylic acids is 3. The van der Waals surface area contributed by atoms with Gasteiger partial charge >= 0.3 is 6.03 Å². The van der Waals surface area contributed by atoms with Crippen LogP contribution in [-0.2, 0) is 4.79 Å². The number of carbonyl (C=O) groups is 3.